The number of benzene rings is 1. The summed E-state index contributed by atoms with van der Waals surface area (Å²) in [6.45, 7) is 6.62. The van der Waals surface area contributed by atoms with Gasteiger partial charge in [0.25, 0.3) is 0 Å². The maximum atomic E-state index is 12.1. The highest BCUT2D eigenvalue weighted by Crippen LogP contribution is 2.19. The van der Waals surface area contributed by atoms with E-state index in [-0.39, 0.29) is 11.9 Å². The van der Waals surface area contributed by atoms with Crippen LogP contribution in [0.25, 0.3) is 0 Å². The van der Waals surface area contributed by atoms with E-state index in [1.165, 1.54) is 0 Å². The summed E-state index contributed by atoms with van der Waals surface area (Å²) in [5, 5.41) is 6.93. The molecule has 0 aliphatic heterocycles. The van der Waals surface area contributed by atoms with E-state index in [4.69, 9.17) is 9.26 Å². The Bertz CT molecular complexity index is 669. The quantitative estimate of drug-likeness (QED) is 0.711. The molecule has 1 atom stereocenters. The second-order valence-electron chi connectivity index (χ2n) is 6.00. The van der Waals surface area contributed by atoms with Crippen molar-refractivity contribution in [1.82, 2.24) is 15.5 Å². The number of nitrogens with zero attached hydrogens (tertiary/aromatic N) is 2. The Kier molecular flexibility index (Phi) is 7.44. The van der Waals surface area contributed by atoms with Gasteiger partial charge in [-0.1, -0.05) is 24.2 Å². The molecule has 0 spiro atoms. The van der Waals surface area contributed by atoms with Gasteiger partial charge in [0, 0.05) is 19.3 Å². The Hall–Kier alpha value is -2.37. The van der Waals surface area contributed by atoms with Crippen molar-refractivity contribution < 1.29 is 14.1 Å². The normalized spacial score (nSPS) is 12.0. The van der Waals surface area contributed by atoms with E-state index in [0.29, 0.717) is 31.8 Å². The predicted molar refractivity (Wildman–Crippen MR) is 95.4 cm³/mol. The molecule has 1 amide bonds. The Labute approximate surface area is 149 Å². The van der Waals surface area contributed by atoms with Crippen molar-refractivity contribution in [1.29, 1.82) is 0 Å². The van der Waals surface area contributed by atoms with E-state index in [0.717, 1.165) is 30.0 Å². The number of aryl methyl sites for hydroxylation is 2. The largest absolute Gasteiger partial charge is 0.494 e. The summed E-state index contributed by atoms with van der Waals surface area (Å²) in [5.41, 5.74) is 1.03. The number of amides is 1. The minimum Gasteiger partial charge on any atom is -0.494 e. The van der Waals surface area contributed by atoms with Gasteiger partial charge in [-0.25, -0.2) is 0 Å². The topological polar surface area (TPSA) is 77.2 Å². The molecule has 0 aliphatic rings. The molecule has 0 unspecified atom stereocenters. The maximum Gasteiger partial charge on any atom is 0.226 e. The van der Waals surface area contributed by atoms with Gasteiger partial charge in [-0.15, -0.1) is 0 Å². The van der Waals surface area contributed by atoms with Crippen LogP contribution in [0, 0.1) is 0 Å². The van der Waals surface area contributed by atoms with Gasteiger partial charge in [0.1, 0.15) is 5.75 Å². The van der Waals surface area contributed by atoms with E-state index in [9.17, 15) is 4.79 Å². The number of ether oxygens (including phenoxy) is 1. The van der Waals surface area contributed by atoms with Crippen molar-refractivity contribution in [3.8, 4) is 5.75 Å². The molecule has 0 aliphatic carbocycles. The fourth-order valence-electron chi connectivity index (χ4n) is 2.55. The highest BCUT2D eigenvalue weighted by Gasteiger charge is 2.11. The lowest BCUT2D eigenvalue weighted by Crippen LogP contribution is -2.26. The summed E-state index contributed by atoms with van der Waals surface area (Å²) in [7, 11) is 0. The molecule has 2 rings (SSSR count). The third-order valence-corrected chi connectivity index (χ3v) is 3.82. The standard InChI is InChI=1S/C19H27N3O3/c1-4-8-17-21-19(25-22-17)12-7-11-18(23)20-14(3)15-9-6-10-16(13-15)24-5-2/h6,9-10,13-14H,4-5,7-8,11-12H2,1-3H3,(H,20,23)/t14-/m0/s1. The minimum atomic E-state index is -0.0625. The van der Waals surface area contributed by atoms with Crippen molar-refractivity contribution in [3.63, 3.8) is 0 Å². The Morgan fingerprint density at radius 3 is 2.92 bits per heavy atom. The fourth-order valence-corrected chi connectivity index (χ4v) is 2.55. The number of hydrogen-bond acceptors (Lipinski definition) is 5. The SMILES string of the molecule is CCCc1noc(CCCC(=O)N[C@@H](C)c2cccc(OCC)c2)n1. The van der Waals surface area contributed by atoms with E-state index in [1.807, 2.05) is 38.1 Å². The molecule has 2 aromatic rings. The number of carbonyl (C=O) groups is 1. The van der Waals surface area contributed by atoms with Gasteiger partial charge >= 0.3 is 0 Å². The minimum absolute atomic E-state index is 0.0163. The fraction of sp³-hybridized carbons (Fsp3) is 0.526. The zero-order valence-corrected chi connectivity index (χ0v) is 15.2. The van der Waals surface area contributed by atoms with Crippen LogP contribution in [0.4, 0.5) is 0 Å². The Balaban J connectivity index is 1.76. The average Bonchev–Trinajstić information content (AvgIpc) is 3.03. The first-order valence-electron chi connectivity index (χ1n) is 8.96. The van der Waals surface area contributed by atoms with E-state index in [1.54, 1.807) is 0 Å². The van der Waals surface area contributed by atoms with Crippen LogP contribution in [0.3, 0.4) is 0 Å². The Morgan fingerprint density at radius 1 is 1.32 bits per heavy atom. The van der Waals surface area contributed by atoms with E-state index < -0.39 is 0 Å². The van der Waals surface area contributed by atoms with Crippen LogP contribution in [0.1, 0.15) is 63.4 Å². The van der Waals surface area contributed by atoms with Crippen LogP contribution < -0.4 is 10.1 Å². The lowest BCUT2D eigenvalue weighted by atomic mass is 10.1. The molecule has 136 valence electrons. The monoisotopic (exact) mass is 345 g/mol. The van der Waals surface area contributed by atoms with Gasteiger partial charge in [0.2, 0.25) is 11.8 Å². The number of hydrogen-bond donors (Lipinski definition) is 1. The lowest BCUT2D eigenvalue weighted by Gasteiger charge is -2.15. The molecule has 6 nitrogen and oxygen atoms in total. The summed E-state index contributed by atoms with van der Waals surface area (Å²) >= 11 is 0. The number of carbonyl (C=O) groups excluding carboxylic acids is 1. The van der Waals surface area contributed by atoms with Crippen LogP contribution in [-0.2, 0) is 17.6 Å². The lowest BCUT2D eigenvalue weighted by molar-refractivity contribution is -0.121. The Morgan fingerprint density at radius 2 is 2.16 bits per heavy atom. The first-order chi connectivity index (χ1) is 12.1. The first-order valence-corrected chi connectivity index (χ1v) is 8.96. The van der Waals surface area contributed by atoms with Gasteiger partial charge < -0.3 is 14.6 Å². The van der Waals surface area contributed by atoms with Crippen molar-refractivity contribution in [2.75, 3.05) is 6.61 Å². The third kappa shape index (κ3) is 6.21. The highest BCUT2D eigenvalue weighted by atomic mass is 16.5. The molecule has 0 bridgehead atoms. The second kappa shape index (κ2) is 9.81. The van der Waals surface area contributed by atoms with E-state index >= 15 is 0 Å². The average molecular weight is 345 g/mol. The molecule has 0 saturated heterocycles. The molecule has 0 saturated carbocycles. The molecule has 1 aromatic heterocycles. The van der Waals surface area contributed by atoms with Crippen LogP contribution in [0.5, 0.6) is 5.75 Å². The van der Waals surface area contributed by atoms with Crippen LogP contribution in [0.15, 0.2) is 28.8 Å². The summed E-state index contributed by atoms with van der Waals surface area (Å²) in [4.78, 5) is 16.4. The molecule has 6 heteroatoms. The van der Waals surface area contributed by atoms with Gasteiger partial charge in [0.15, 0.2) is 5.82 Å². The van der Waals surface area contributed by atoms with Crippen LogP contribution in [0.2, 0.25) is 0 Å². The second-order valence-corrected chi connectivity index (χ2v) is 6.00. The summed E-state index contributed by atoms with van der Waals surface area (Å²) in [6, 6.07) is 7.74. The summed E-state index contributed by atoms with van der Waals surface area (Å²) in [6.07, 6.45) is 3.55. The third-order valence-electron chi connectivity index (χ3n) is 3.82. The van der Waals surface area contributed by atoms with Gasteiger partial charge in [0.05, 0.1) is 12.6 Å². The summed E-state index contributed by atoms with van der Waals surface area (Å²) in [5.74, 6) is 2.18. The van der Waals surface area contributed by atoms with Crippen molar-refractivity contribution in [2.24, 2.45) is 0 Å². The molecule has 25 heavy (non-hydrogen) atoms. The number of nitrogens with one attached hydrogen (secondary N) is 1. The van der Waals surface area contributed by atoms with Crippen molar-refractivity contribution in [3.05, 3.63) is 41.5 Å². The maximum absolute atomic E-state index is 12.1. The first kappa shape index (κ1) is 19.0. The number of rotatable bonds is 10. The smallest absolute Gasteiger partial charge is 0.226 e. The summed E-state index contributed by atoms with van der Waals surface area (Å²) < 4.78 is 10.7. The number of aromatic nitrogens is 2. The van der Waals surface area contributed by atoms with Crippen molar-refractivity contribution in [2.45, 2.75) is 58.9 Å². The predicted octanol–water partition coefficient (Wildman–Crippen LogP) is 3.62. The highest BCUT2D eigenvalue weighted by molar-refractivity contribution is 5.76. The van der Waals surface area contributed by atoms with Crippen LogP contribution >= 0.6 is 0 Å². The van der Waals surface area contributed by atoms with E-state index in [2.05, 4.69) is 22.4 Å². The zero-order chi connectivity index (χ0) is 18.1. The van der Waals surface area contributed by atoms with Crippen molar-refractivity contribution >= 4 is 5.91 Å². The molecule has 1 heterocycles. The molecule has 0 fully saturated rings. The van der Waals surface area contributed by atoms with Gasteiger partial charge in [-0.3, -0.25) is 4.79 Å². The van der Waals surface area contributed by atoms with Crippen LogP contribution in [-0.4, -0.2) is 22.7 Å². The molecular formula is C19H27N3O3. The van der Waals surface area contributed by atoms with Gasteiger partial charge in [-0.05, 0) is 44.4 Å². The zero-order valence-electron chi connectivity index (χ0n) is 15.2. The molecule has 1 N–H and O–H groups in total. The molecule has 1 aromatic carbocycles. The van der Waals surface area contributed by atoms with Gasteiger partial charge in [-0.2, -0.15) is 4.98 Å². The molecular weight excluding hydrogens is 318 g/mol. The molecule has 0 radical (unpaired) electrons.